The molecule has 236 valence electrons. The molecule has 0 aromatic heterocycles. The Morgan fingerprint density at radius 3 is 0.872 bits per heavy atom. The Morgan fingerprint density at radius 2 is 0.564 bits per heavy atom. The van der Waals surface area contributed by atoms with Crippen LogP contribution in [-0.2, 0) is 0 Å². The molecule has 0 aromatic carbocycles. The molecule has 0 heterocycles. The van der Waals surface area contributed by atoms with Crippen LogP contribution in [-0.4, -0.2) is 71.2 Å². The van der Waals surface area contributed by atoms with E-state index in [-0.39, 0.29) is 19.3 Å². The number of unbranched alkanes of at least 4 members (excludes halogenated alkanes) is 4. The standard InChI is InChI=1S/C17H15F21O/c18-8(19,6-4-2-1-3-5-7-39)9(20,21)10(22,23)11(24,25)12(26,27)13(28,29)14(30,31)15(32,33)16(34,35)17(36,37)38/h39H,1-7H2. The van der Waals surface area contributed by atoms with Gasteiger partial charge in [-0.2, -0.15) is 92.2 Å². The zero-order chi connectivity index (χ0) is 31.9. The molecule has 0 aliphatic rings. The van der Waals surface area contributed by atoms with Crippen LogP contribution in [0.5, 0.6) is 0 Å². The second kappa shape index (κ2) is 10.7. The van der Waals surface area contributed by atoms with Crippen molar-refractivity contribution in [3.8, 4) is 0 Å². The molecule has 1 nitrogen and oxygen atoms in total. The summed E-state index contributed by atoms with van der Waals surface area (Å²) in [6.07, 6.45) is -12.6. The first kappa shape index (κ1) is 37.5. The van der Waals surface area contributed by atoms with E-state index in [2.05, 4.69) is 0 Å². The van der Waals surface area contributed by atoms with E-state index in [1.807, 2.05) is 0 Å². The maximum atomic E-state index is 13.7. The molecule has 22 heteroatoms. The van der Waals surface area contributed by atoms with Crippen LogP contribution in [0.1, 0.15) is 38.5 Å². The topological polar surface area (TPSA) is 20.2 Å². The fraction of sp³-hybridized carbons (Fsp3) is 1.00. The molecule has 39 heavy (non-hydrogen) atoms. The maximum absolute atomic E-state index is 13.7. The van der Waals surface area contributed by atoms with Gasteiger partial charge >= 0.3 is 59.5 Å². The first-order valence-corrected chi connectivity index (χ1v) is 9.89. The lowest BCUT2D eigenvalue weighted by Gasteiger charge is -2.44. The molecule has 0 fully saturated rings. The number of hydrogen-bond donors (Lipinski definition) is 1. The van der Waals surface area contributed by atoms with Crippen LogP contribution >= 0.6 is 0 Å². The molecular weight excluding hydrogens is 619 g/mol. The monoisotopic (exact) mass is 634 g/mol. The SMILES string of the molecule is OCCCCCCCC(F)(F)C(F)(F)C(F)(F)C(F)(F)C(F)(F)C(F)(F)C(F)(F)C(F)(F)C(F)(F)C(F)(F)F. The van der Waals surface area contributed by atoms with E-state index in [1.54, 1.807) is 0 Å². The van der Waals surface area contributed by atoms with Gasteiger partial charge in [0.05, 0.1) is 0 Å². The quantitative estimate of drug-likeness (QED) is 0.141. The van der Waals surface area contributed by atoms with E-state index >= 15 is 0 Å². The van der Waals surface area contributed by atoms with Crippen molar-refractivity contribution in [3.05, 3.63) is 0 Å². The minimum atomic E-state index is -9.15. The number of halogens is 21. The molecule has 0 aromatic rings. The molecule has 0 saturated heterocycles. The van der Waals surface area contributed by atoms with E-state index in [4.69, 9.17) is 5.11 Å². The molecule has 0 radical (unpaired) electrons. The average molecular weight is 634 g/mol. The van der Waals surface area contributed by atoms with E-state index in [0.717, 1.165) is 0 Å². The van der Waals surface area contributed by atoms with E-state index in [9.17, 15) is 92.2 Å². The lowest BCUT2D eigenvalue weighted by Crippen LogP contribution is -2.76. The molecule has 0 aliphatic heterocycles. The highest BCUT2D eigenvalue weighted by molar-refractivity contribution is 5.17. The van der Waals surface area contributed by atoms with Gasteiger partial charge in [0.2, 0.25) is 0 Å². The van der Waals surface area contributed by atoms with Crippen LogP contribution in [0.3, 0.4) is 0 Å². The van der Waals surface area contributed by atoms with Crippen molar-refractivity contribution in [1.82, 2.24) is 0 Å². The normalized spacial score (nSPS) is 16.2. The number of alkyl halides is 21. The summed E-state index contributed by atoms with van der Waals surface area (Å²) in [6.45, 7) is -0.451. The second-order valence-corrected chi connectivity index (χ2v) is 8.04. The summed E-state index contributed by atoms with van der Waals surface area (Å²) in [5.41, 5.74) is 0. The van der Waals surface area contributed by atoms with Crippen LogP contribution in [0.15, 0.2) is 0 Å². The van der Waals surface area contributed by atoms with E-state index in [0.29, 0.717) is 0 Å². The van der Waals surface area contributed by atoms with Gasteiger partial charge in [-0.3, -0.25) is 0 Å². The fourth-order valence-electron chi connectivity index (χ4n) is 2.74. The van der Waals surface area contributed by atoms with Gasteiger partial charge in [0.1, 0.15) is 0 Å². The predicted molar refractivity (Wildman–Crippen MR) is 85.4 cm³/mol. The highest BCUT2D eigenvalue weighted by atomic mass is 19.4. The number of aliphatic hydroxyl groups excluding tert-OH is 1. The first-order chi connectivity index (χ1) is 16.8. The zero-order valence-corrected chi connectivity index (χ0v) is 18.3. The van der Waals surface area contributed by atoms with Gasteiger partial charge in [-0.1, -0.05) is 19.3 Å². The molecule has 0 saturated carbocycles. The van der Waals surface area contributed by atoms with Crippen molar-refractivity contribution in [3.63, 3.8) is 0 Å². The van der Waals surface area contributed by atoms with Crippen molar-refractivity contribution in [1.29, 1.82) is 0 Å². The number of rotatable bonds is 15. The predicted octanol–water partition coefficient (Wildman–Crippen LogP) is 8.60. The molecule has 0 amide bonds. The van der Waals surface area contributed by atoms with Crippen LogP contribution < -0.4 is 0 Å². The lowest BCUT2D eigenvalue weighted by molar-refractivity contribution is -0.474. The fourth-order valence-corrected chi connectivity index (χ4v) is 2.74. The van der Waals surface area contributed by atoms with Gasteiger partial charge in [0, 0.05) is 13.0 Å². The smallest absolute Gasteiger partial charge is 0.396 e. The molecule has 0 atom stereocenters. The number of aliphatic hydroxyl groups is 1. The zero-order valence-electron chi connectivity index (χ0n) is 18.3. The molecule has 1 N–H and O–H groups in total. The largest absolute Gasteiger partial charge is 0.460 e. The van der Waals surface area contributed by atoms with E-state index in [1.165, 1.54) is 0 Å². The third-order valence-electron chi connectivity index (χ3n) is 5.22. The average Bonchev–Trinajstić information content (AvgIpc) is 2.74. The Labute approximate surface area is 203 Å². The van der Waals surface area contributed by atoms with Crippen molar-refractivity contribution >= 4 is 0 Å². The molecule has 0 aliphatic carbocycles. The van der Waals surface area contributed by atoms with E-state index < -0.39 is 85.3 Å². The summed E-state index contributed by atoms with van der Waals surface area (Å²) in [6, 6.07) is 0. The van der Waals surface area contributed by atoms with Gasteiger partial charge in [-0.05, 0) is 12.8 Å². The highest BCUT2D eigenvalue weighted by Gasteiger charge is 2.97. The third kappa shape index (κ3) is 5.54. The first-order valence-electron chi connectivity index (χ1n) is 9.89. The van der Waals surface area contributed by atoms with Crippen molar-refractivity contribution < 1.29 is 97.3 Å². The summed E-state index contributed by atoms with van der Waals surface area (Å²) in [4.78, 5) is 0. The van der Waals surface area contributed by atoms with Crippen molar-refractivity contribution in [2.24, 2.45) is 0 Å². The third-order valence-corrected chi connectivity index (χ3v) is 5.22. The minimum absolute atomic E-state index is 0.0126. The van der Waals surface area contributed by atoms with Crippen LogP contribution in [0.2, 0.25) is 0 Å². The minimum Gasteiger partial charge on any atom is -0.396 e. The lowest BCUT2D eigenvalue weighted by atomic mass is 9.85. The van der Waals surface area contributed by atoms with Crippen LogP contribution in [0.25, 0.3) is 0 Å². The van der Waals surface area contributed by atoms with Crippen molar-refractivity contribution in [2.75, 3.05) is 6.61 Å². The Hall–Kier alpha value is -1.51. The second-order valence-electron chi connectivity index (χ2n) is 8.04. The highest BCUT2D eigenvalue weighted by Crippen LogP contribution is 2.66. The molecule has 0 rings (SSSR count). The summed E-state index contributed by atoms with van der Waals surface area (Å²) < 4.78 is 278. The van der Waals surface area contributed by atoms with Crippen molar-refractivity contribution in [2.45, 2.75) is 98.0 Å². The molecule has 0 bridgehead atoms. The Balaban J connectivity index is 6.58. The summed E-state index contributed by atoms with van der Waals surface area (Å²) in [5.74, 6) is -76.5. The van der Waals surface area contributed by atoms with Gasteiger partial charge in [0.25, 0.3) is 0 Å². The summed E-state index contributed by atoms with van der Waals surface area (Å²) >= 11 is 0. The Morgan fingerprint density at radius 1 is 0.308 bits per heavy atom. The van der Waals surface area contributed by atoms with Crippen LogP contribution in [0, 0.1) is 0 Å². The summed E-state index contributed by atoms with van der Waals surface area (Å²) in [7, 11) is 0. The van der Waals surface area contributed by atoms with Gasteiger partial charge in [-0.15, -0.1) is 0 Å². The van der Waals surface area contributed by atoms with Gasteiger partial charge in [0.15, 0.2) is 0 Å². The van der Waals surface area contributed by atoms with Crippen LogP contribution in [0.4, 0.5) is 92.2 Å². The molecule has 0 unspecified atom stereocenters. The molecular formula is C17H15F21O. The molecule has 0 spiro atoms. The van der Waals surface area contributed by atoms with Gasteiger partial charge < -0.3 is 5.11 Å². The maximum Gasteiger partial charge on any atom is 0.460 e. The summed E-state index contributed by atoms with van der Waals surface area (Å²) in [5, 5.41) is 8.45. The van der Waals surface area contributed by atoms with Gasteiger partial charge in [-0.25, -0.2) is 0 Å². The Kier molecular flexibility index (Phi) is 10.3. The Bertz CT molecular complexity index is 812. The number of hydrogen-bond acceptors (Lipinski definition) is 1.